The number of sulfonamides is 1. The lowest BCUT2D eigenvalue weighted by Crippen LogP contribution is -2.45. The molecule has 20 heavy (non-hydrogen) atoms. The Morgan fingerprint density at radius 3 is 2.30 bits per heavy atom. The van der Waals surface area contributed by atoms with Crippen LogP contribution in [0.25, 0.3) is 0 Å². The maximum Gasteiger partial charge on any atom is 0.241 e. The second-order valence-corrected chi connectivity index (χ2v) is 7.39. The van der Waals surface area contributed by atoms with Crippen molar-refractivity contribution in [2.75, 3.05) is 5.32 Å². The van der Waals surface area contributed by atoms with E-state index in [9.17, 15) is 13.2 Å². The van der Waals surface area contributed by atoms with Crippen molar-refractivity contribution in [3.63, 3.8) is 0 Å². The van der Waals surface area contributed by atoms with Gasteiger partial charge < -0.3 is 11.1 Å². The van der Waals surface area contributed by atoms with E-state index < -0.39 is 21.5 Å². The minimum absolute atomic E-state index is 0.0142. The molecule has 0 aliphatic heterocycles. The lowest BCUT2D eigenvalue weighted by molar-refractivity contribution is -0.119. The number of nitrogens with two attached hydrogens (primary N) is 2. The summed E-state index contributed by atoms with van der Waals surface area (Å²) in [7, 11) is -3.82. The Morgan fingerprint density at radius 2 is 1.85 bits per heavy atom. The van der Waals surface area contributed by atoms with Crippen molar-refractivity contribution in [1.29, 1.82) is 0 Å². The van der Waals surface area contributed by atoms with Crippen molar-refractivity contribution in [2.24, 2.45) is 16.3 Å². The van der Waals surface area contributed by atoms with Gasteiger partial charge in [-0.2, -0.15) is 0 Å². The highest BCUT2D eigenvalue weighted by Gasteiger charge is 2.27. The molecule has 0 bridgehead atoms. The van der Waals surface area contributed by atoms with E-state index in [0.29, 0.717) is 11.3 Å². The average Bonchev–Trinajstić information content (AvgIpc) is 2.27. The van der Waals surface area contributed by atoms with Gasteiger partial charge in [-0.3, -0.25) is 4.79 Å². The maximum absolute atomic E-state index is 12.0. The summed E-state index contributed by atoms with van der Waals surface area (Å²) in [5.41, 5.74) is 6.32. The van der Waals surface area contributed by atoms with E-state index in [0.717, 1.165) is 0 Å². The first-order chi connectivity index (χ1) is 8.93. The number of rotatable bonds is 3. The van der Waals surface area contributed by atoms with Crippen LogP contribution in [0, 0.1) is 12.3 Å². The molecule has 6 nitrogen and oxygen atoms in total. The summed E-state index contributed by atoms with van der Waals surface area (Å²) in [4.78, 5) is 12.0. The zero-order valence-electron chi connectivity index (χ0n) is 12.1. The number of primary sulfonamides is 1. The molecular weight excluding hydrogens is 278 g/mol. The van der Waals surface area contributed by atoms with Crippen molar-refractivity contribution in [2.45, 2.75) is 38.6 Å². The van der Waals surface area contributed by atoms with Crippen molar-refractivity contribution in [3.8, 4) is 0 Å². The molecule has 1 atom stereocenters. The Balaban J connectivity index is 3.04. The normalized spacial score (nSPS) is 13.9. The van der Waals surface area contributed by atoms with Crippen LogP contribution < -0.4 is 16.2 Å². The number of benzene rings is 1. The molecule has 5 N–H and O–H groups in total. The van der Waals surface area contributed by atoms with Crippen molar-refractivity contribution < 1.29 is 13.2 Å². The molecule has 0 saturated heterocycles. The summed E-state index contributed by atoms with van der Waals surface area (Å²) in [6.45, 7) is 7.18. The number of carbonyl (C=O) groups is 1. The van der Waals surface area contributed by atoms with Crippen LogP contribution in [-0.4, -0.2) is 20.4 Å². The fourth-order valence-corrected chi connectivity index (χ4v) is 2.41. The fourth-order valence-electron chi connectivity index (χ4n) is 1.60. The molecule has 0 fully saturated rings. The minimum atomic E-state index is -3.82. The van der Waals surface area contributed by atoms with E-state index in [-0.39, 0.29) is 10.8 Å². The molecule has 0 aliphatic carbocycles. The second-order valence-electron chi connectivity index (χ2n) is 5.86. The molecule has 0 saturated carbocycles. The Bertz CT molecular complexity index is 618. The molecule has 0 aromatic heterocycles. The fraction of sp³-hybridized carbons (Fsp3) is 0.462. The van der Waals surface area contributed by atoms with Crippen molar-refractivity contribution in [3.05, 3.63) is 23.8 Å². The molecule has 112 valence electrons. The number of nitrogens with one attached hydrogen (secondary N) is 1. The lowest BCUT2D eigenvalue weighted by atomic mass is 9.87. The van der Waals surface area contributed by atoms with Gasteiger partial charge in [0.05, 0.1) is 10.9 Å². The van der Waals surface area contributed by atoms with Crippen LogP contribution >= 0.6 is 0 Å². The molecule has 0 spiro atoms. The van der Waals surface area contributed by atoms with E-state index in [1.165, 1.54) is 6.07 Å². The predicted octanol–water partition coefficient (Wildman–Crippen LogP) is 0.954. The molecule has 1 aromatic carbocycles. The Morgan fingerprint density at radius 1 is 1.30 bits per heavy atom. The summed E-state index contributed by atoms with van der Waals surface area (Å²) in [6.07, 6.45) is 0. The van der Waals surface area contributed by atoms with Gasteiger partial charge in [0.2, 0.25) is 15.9 Å². The number of amides is 1. The number of hydrogen-bond acceptors (Lipinski definition) is 4. The van der Waals surface area contributed by atoms with Gasteiger partial charge in [0.1, 0.15) is 0 Å². The molecule has 0 heterocycles. The van der Waals surface area contributed by atoms with E-state index in [4.69, 9.17) is 10.9 Å². The van der Waals surface area contributed by atoms with Gasteiger partial charge in [0.15, 0.2) is 0 Å². The lowest BCUT2D eigenvalue weighted by Gasteiger charge is -2.25. The largest absolute Gasteiger partial charge is 0.325 e. The van der Waals surface area contributed by atoms with Crippen molar-refractivity contribution in [1.82, 2.24) is 0 Å². The van der Waals surface area contributed by atoms with Crippen LogP contribution in [0.2, 0.25) is 0 Å². The molecular formula is C13H21N3O3S. The monoisotopic (exact) mass is 299 g/mol. The molecule has 1 amide bonds. The zero-order valence-corrected chi connectivity index (χ0v) is 12.9. The van der Waals surface area contributed by atoms with Gasteiger partial charge >= 0.3 is 0 Å². The van der Waals surface area contributed by atoms with Crippen LogP contribution in [0.15, 0.2) is 23.1 Å². The summed E-state index contributed by atoms with van der Waals surface area (Å²) in [6, 6.07) is 3.81. The molecule has 7 heteroatoms. The zero-order chi connectivity index (χ0) is 15.7. The highest BCUT2D eigenvalue weighted by atomic mass is 32.2. The van der Waals surface area contributed by atoms with E-state index in [1.807, 2.05) is 20.8 Å². The van der Waals surface area contributed by atoms with Gasteiger partial charge in [-0.1, -0.05) is 26.8 Å². The molecule has 1 aromatic rings. The van der Waals surface area contributed by atoms with Gasteiger partial charge in [0, 0.05) is 5.69 Å². The van der Waals surface area contributed by atoms with Crippen LogP contribution in [0.5, 0.6) is 0 Å². The van der Waals surface area contributed by atoms with E-state index in [2.05, 4.69) is 5.32 Å². The van der Waals surface area contributed by atoms with Crippen LogP contribution in [-0.2, 0) is 14.8 Å². The van der Waals surface area contributed by atoms with E-state index in [1.54, 1.807) is 19.1 Å². The summed E-state index contributed by atoms with van der Waals surface area (Å²) >= 11 is 0. The maximum atomic E-state index is 12.0. The Kier molecular flexibility index (Phi) is 4.58. The molecule has 0 unspecified atom stereocenters. The van der Waals surface area contributed by atoms with E-state index >= 15 is 0 Å². The number of anilines is 1. The SMILES string of the molecule is Cc1ccc(NC(=O)[C@@H](N)C(C)(C)C)cc1S(N)(=O)=O. The first-order valence-corrected chi connectivity index (χ1v) is 7.67. The number of hydrogen-bond donors (Lipinski definition) is 3. The first kappa shape index (κ1) is 16.6. The average molecular weight is 299 g/mol. The quantitative estimate of drug-likeness (QED) is 0.770. The summed E-state index contributed by atoms with van der Waals surface area (Å²) in [5, 5.41) is 7.73. The minimum Gasteiger partial charge on any atom is -0.325 e. The molecule has 1 rings (SSSR count). The molecule has 0 radical (unpaired) electrons. The second kappa shape index (κ2) is 5.51. The van der Waals surface area contributed by atoms with Crippen molar-refractivity contribution >= 4 is 21.6 Å². The third-order valence-electron chi connectivity index (χ3n) is 2.98. The number of aryl methyl sites for hydroxylation is 1. The highest BCUT2D eigenvalue weighted by molar-refractivity contribution is 7.89. The van der Waals surface area contributed by atoms with Gasteiger partial charge in [0.25, 0.3) is 0 Å². The smallest absolute Gasteiger partial charge is 0.241 e. The Labute approximate surface area is 119 Å². The van der Waals surface area contributed by atoms with Gasteiger partial charge in [-0.25, -0.2) is 13.6 Å². The van der Waals surface area contributed by atoms with Crippen LogP contribution in [0.1, 0.15) is 26.3 Å². The molecule has 0 aliphatic rings. The standard InChI is InChI=1S/C13H21N3O3S/c1-8-5-6-9(7-10(8)20(15,18)19)16-12(17)11(14)13(2,3)4/h5-7,11H,14H2,1-4H3,(H,16,17)(H2,15,18,19)/t11-/m1/s1. The van der Waals surface area contributed by atoms with Gasteiger partial charge in [-0.05, 0) is 30.0 Å². The first-order valence-electron chi connectivity index (χ1n) is 6.13. The predicted molar refractivity (Wildman–Crippen MR) is 78.6 cm³/mol. The summed E-state index contributed by atoms with van der Waals surface area (Å²) < 4.78 is 22.9. The summed E-state index contributed by atoms with van der Waals surface area (Å²) in [5.74, 6) is -0.373. The van der Waals surface area contributed by atoms with Crippen LogP contribution in [0.4, 0.5) is 5.69 Å². The topological polar surface area (TPSA) is 115 Å². The Hall–Kier alpha value is -1.44. The highest BCUT2D eigenvalue weighted by Crippen LogP contribution is 2.21. The third-order valence-corrected chi connectivity index (χ3v) is 4.03. The number of carbonyl (C=O) groups excluding carboxylic acids is 1. The third kappa shape index (κ3) is 4.03. The van der Waals surface area contributed by atoms with Gasteiger partial charge in [-0.15, -0.1) is 0 Å². The van der Waals surface area contributed by atoms with Crippen LogP contribution in [0.3, 0.4) is 0 Å².